The lowest BCUT2D eigenvalue weighted by Gasteiger charge is -2.21. The summed E-state index contributed by atoms with van der Waals surface area (Å²) < 4.78 is 10.3. The molecule has 0 heterocycles. The van der Waals surface area contributed by atoms with Crippen LogP contribution in [0.5, 0.6) is 5.75 Å². The van der Waals surface area contributed by atoms with Crippen molar-refractivity contribution >= 4 is 29.2 Å². The van der Waals surface area contributed by atoms with Crippen molar-refractivity contribution in [2.24, 2.45) is 0 Å². The van der Waals surface area contributed by atoms with Crippen molar-refractivity contribution in [3.05, 3.63) is 54.1 Å². The van der Waals surface area contributed by atoms with Crippen LogP contribution in [0, 0.1) is 0 Å². The molecule has 0 aliphatic rings. The average molecular weight is 384 g/mol. The molecule has 0 atom stereocenters. The molecule has 0 bridgehead atoms. The smallest absolute Gasteiger partial charge is 0.337 e. The summed E-state index contributed by atoms with van der Waals surface area (Å²) >= 11 is 0. The van der Waals surface area contributed by atoms with Gasteiger partial charge in [0.15, 0.2) is 0 Å². The normalized spacial score (nSPS) is 10.3. The van der Waals surface area contributed by atoms with Crippen molar-refractivity contribution in [2.75, 3.05) is 23.9 Å². The summed E-state index contributed by atoms with van der Waals surface area (Å²) in [5, 5.41) is 2.78. The zero-order chi connectivity index (χ0) is 20.7. The lowest BCUT2D eigenvalue weighted by molar-refractivity contribution is -0.120. The minimum Gasteiger partial charge on any atom is -0.489 e. The van der Waals surface area contributed by atoms with E-state index in [0.717, 1.165) is 0 Å². The van der Waals surface area contributed by atoms with Gasteiger partial charge in [-0.05, 0) is 50.2 Å². The van der Waals surface area contributed by atoms with Gasteiger partial charge in [0.2, 0.25) is 11.8 Å². The Hall–Kier alpha value is -3.35. The van der Waals surface area contributed by atoms with Crippen LogP contribution in [-0.4, -0.2) is 37.5 Å². The Morgan fingerprint density at radius 3 is 2.25 bits per heavy atom. The largest absolute Gasteiger partial charge is 0.489 e. The predicted octanol–water partition coefficient (Wildman–Crippen LogP) is 3.25. The van der Waals surface area contributed by atoms with Crippen molar-refractivity contribution in [3.8, 4) is 5.75 Å². The van der Waals surface area contributed by atoms with Gasteiger partial charge >= 0.3 is 5.97 Å². The quantitative estimate of drug-likeness (QED) is 0.741. The molecule has 148 valence electrons. The number of esters is 1. The van der Waals surface area contributed by atoms with Gasteiger partial charge in [0.1, 0.15) is 12.3 Å². The molecule has 28 heavy (non-hydrogen) atoms. The molecule has 7 nitrogen and oxygen atoms in total. The molecule has 0 radical (unpaired) electrons. The van der Waals surface area contributed by atoms with Crippen molar-refractivity contribution in [1.29, 1.82) is 0 Å². The first-order valence-corrected chi connectivity index (χ1v) is 8.83. The number of para-hydroxylation sites is 2. The van der Waals surface area contributed by atoms with Crippen molar-refractivity contribution in [1.82, 2.24) is 0 Å². The predicted molar refractivity (Wildman–Crippen MR) is 107 cm³/mol. The van der Waals surface area contributed by atoms with E-state index in [4.69, 9.17) is 4.74 Å². The summed E-state index contributed by atoms with van der Waals surface area (Å²) in [6.07, 6.45) is -0.0416. The Labute approximate surface area is 164 Å². The van der Waals surface area contributed by atoms with Gasteiger partial charge in [0, 0.05) is 12.6 Å². The molecule has 0 aromatic heterocycles. The Morgan fingerprint density at radius 1 is 1.04 bits per heavy atom. The van der Waals surface area contributed by atoms with E-state index in [1.165, 1.54) is 18.9 Å². The first kappa shape index (κ1) is 21.0. The number of anilines is 2. The number of hydrogen-bond acceptors (Lipinski definition) is 5. The lowest BCUT2D eigenvalue weighted by atomic mass is 10.2. The number of carbonyl (C=O) groups is 3. The summed E-state index contributed by atoms with van der Waals surface area (Å²) in [7, 11) is 1.29. The second-order valence-corrected chi connectivity index (χ2v) is 6.35. The fourth-order valence-electron chi connectivity index (χ4n) is 2.54. The number of nitrogens with zero attached hydrogens (tertiary/aromatic N) is 1. The van der Waals surface area contributed by atoms with E-state index in [1.807, 2.05) is 19.9 Å². The Kier molecular flexibility index (Phi) is 7.14. The zero-order valence-electron chi connectivity index (χ0n) is 16.4. The second kappa shape index (κ2) is 9.55. The van der Waals surface area contributed by atoms with E-state index in [-0.39, 0.29) is 24.5 Å². The van der Waals surface area contributed by atoms with Crippen LogP contribution >= 0.6 is 0 Å². The van der Waals surface area contributed by atoms with Crippen LogP contribution in [0.2, 0.25) is 0 Å². The lowest BCUT2D eigenvalue weighted by Crippen LogP contribution is -2.36. The highest BCUT2D eigenvalue weighted by Crippen LogP contribution is 2.25. The molecule has 0 saturated carbocycles. The van der Waals surface area contributed by atoms with Crippen LogP contribution in [-0.2, 0) is 14.3 Å². The third kappa shape index (κ3) is 5.57. The molecule has 0 aliphatic heterocycles. The van der Waals surface area contributed by atoms with Crippen LogP contribution < -0.4 is 15.0 Å². The van der Waals surface area contributed by atoms with Crippen LogP contribution in [0.25, 0.3) is 0 Å². The standard InChI is InChI=1S/C21H24N2O5/c1-14(2)28-19-8-6-5-7-18(19)22-20(25)13-23(15(3)24)17-11-9-16(10-12-17)21(26)27-4/h5-12,14H,13H2,1-4H3,(H,22,25). The molecule has 0 aliphatic carbocycles. The molecule has 0 spiro atoms. The third-order valence-electron chi connectivity index (χ3n) is 3.81. The fourth-order valence-corrected chi connectivity index (χ4v) is 2.54. The molecule has 2 aromatic rings. The Bertz CT molecular complexity index is 846. The number of rotatable bonds is 7. The fraction of sp³-hybridized carbons (Fsp3) is 0.286. The van der Waals surface area contributed by atoms with Gasteiger partial charge in [-0.15, -0.1) is 0 Å². The molecule has 2 aromatic carbocycles. The molecule has 0 saturated heterocycles. The van der Waals surface area contributed by atoms with Gasteiger partial charge in [0.05, 0.1) is 24.5 Å². The molecule has 2 rings (SSSR count). The maximum Gasteiger partial charge on any atom is 0.337 e. The van der Waals surface area contributed by atoms with Crippen LogP contribution in [0.3, 0.4) is 0 Å². The maximum atomic E-state index is 12.5. The molecule has 1 N–H and O–H groups in total. The monoisotopic (exact) mass is 384 g/mol. The summed E-state index contributed by atoms with van der Waals surface area (Å²) in [5.41, 5.74) is 1.40. The zero-order valence-corrected chi connectivity index (χ0v) is 16.4. The van der Waals surface area contributed by atoms with Crippen LogP contribution in [0.1, 0.15) is 31.1 Å². The van der Waals surface area contributed by atoms with Gasteiger partial charge in [-0.25, -0.2) is 4.79 Å². The van der Waals surface area contributed by atoms with Gasteiger partial charge in [-0.1, -0.05) is 12.1 Å². The highest BCUT2D eigenvalue weighted by atomic mass is 16.5. The number of ether oxygens (including phenoxy) is 2. The molecule has 0 fully saturated rings. The van der Waals surface area contributed by atoms with E-state index < -0.39 is 5.97 Å². The second-order valence-electron chi connectivity index (χ2n) is 6.35. The number of benzene rings is 2. The van der Waals surface area contributed by atoms with Crippen LogP contribution in [0.4, 0.5) is 11.4 Å². The van der Waals surface area contributed by atoms with E-state index in [1.54, 1.807) is 42.5 Å². The highest BCUT2D eigenvalue weighted by Gasteiger charge is 2.18. The molecule has 2 amide bonds. The van der Waals surface area contributed by atoms with Crippen molar-refractivity contribution in [2.45, 2.75) is 26.9 Å². The Balaban J connectivity index is 2.14. The molecule has 7 heteroatoms. The Morgan fingerprint density at radius 2 is 1.68 bits per heavy atom. The van der Waals surface area contributed by atoms with Crippen molar-refractivity contribution < 1.29 is 23.9 Å². The minimum atomic E-state index is -0.472. The molecular formula is C21H24N2O5. The van der Waals surface area contributed by atoms with E-state index in [2.05, 4.69) is 10.1 Å². The number of carbonyl (C=O) groups excluding carboxylic acids is 3. The summed E-state index contributed by atoms with van der Waals surface area (Å²) in [6.45, 7) is 4.99. The van der Waals surface area contributed by atoms with Gasteiger partial charge in [0.25, 0.3) is 0 Å². The number of hydrogen-bond donors (Lipinski definition) is 1. The third-order valence-corrected chi connectivity index (χ3v) is 3.81. The first-order chi connectivity index (χ1) is 13.3. The summed E-state index contributed by atoms with van der Waals surface area (Å²) in [4.78, 5) is 37.4. The maximum absolute atomic E-state index is 12.5. The van der Waals surface area contributed by atoms with Gasteiger partial charge in [-0.2, -0.15) is 0 Å². The average Bonchev–Trinajstić information content (AvgIpc) is 2.66. The summed E-state index contributed by atoms with van der Waals surface area (Å²) in [6, 6.07) is 13.4. The SMILES string of the molecule is COC(=O)c1ccc(N(CC(=O)Nc2ccccc2OC(C)C)C(C)=O)cc1. The van der Waals surface area contributed by atoms with Gasteiger partial charge < -0.3 is 19.7 Å². The summed E-state index contributed by atoms with van der Waals surface area (Å²) in [5.74, 6) is -0.581. The minimum absolute atomic E-state index is 0.0416. The van der Waals surface area contributed by atoms with Crippen molar-refractivity contribution in [3.63, 3.8) is 0 Å². The topological polar surface area (TPSA) is 84.9 Å². The van der Waals surface area contributed by atoms with Crippen LogP contribution in [0.15, 0.2) is 48.5 Å². The number of methoxy groups -OCH3 is 1. The molecular weight excluding hydrogens is 360 g/mol. The van der Waals surface area contributed by atoms with E-state index in [0.29, 0.717) is 22.7 Å². The van der Waals surface area contributed by atoms with E-state index in [9.17, 15) is 14.4 Å². The number of nitrogens with one attached hydrogen (secondary N) is 1. The van der Waals surface area contributed by atoms with E-state index >= 15 is 0 Å². The number of amides is 2. The van der Waals surface area contributed by atoms with Gasteiger partial charge in [-0.3, -0.25) is 9.59 Å². The first-order valence-electron chi connectivity index (χ1n) is 8.83. The molecule has 0 unspecified atom stereocenters. The highest BCUT2D eigenvalue weighted by molar-refractivity contribution is 6.02.